The lowest BCUT2D eigenvalue weighted by molar-refractivity contribution is 0.0594. The maximum atomic E-state index is 11.3. The molecule has 0 amide bonds. The highest BCUT2D eigenvalue weighted by Gasteiger charge is 2.20. The second kappa shape index (κ2) is 9.73. The van der Waals surface area contributed by atoms with Gasteiger partial charge in [0, 0.05) is 13.1 Å². The molecular formula is C15H24BrN3O2. The van der Waals surface area contributed by atoms with E-state index in [4.69, 9.17) is 0 Å². The number of pyridine rings is 1. The molecule has 0 bridgehead atoms. The Hall–Kier alpha value is -1.14. The molecule has 0 aromatic carbocycles. The Bertz CT molecular complexity index is 443. The Morgan fingerprint density at radius 3 is 2.24 bits per heavy atom. The minimum atomic E-state index is -0.399. The van der Waals surface area contributed by atoms with Crippen LogP contribution in [0.3, 0.4) is 0 Å². The molecule has 21 heavy (non-hydrogen) atoms. The van der Waals surface area contributed by atoms with Gasteiger partial charge in [-0.2, -0.15) is 0 Å². The van der Waals surface area contributed by atoms with Gasteiger partial charge in [-0.3, -0.25) is 0 Å². The SMILES string of the molecule is C1CNC1.CC.COC(=O)c1ccc(Br)c(N2CCC2)n1. The van der Waals surface area contributed by atoms with Crippen molar-refractivity contribution in [2.45, 2.75) is 26.7 Å². The minimum Gasteiger partial charge on any atom is -0.464 e. The van der Waals surface area contributed by atoms with Gasteiger partial charge in [0.25, 0.3) is 0 Å². The summed E-state index contributed by atoms with van der Waals surface area (Å²) in [6, 6.07) is 3.48. The van der Waals surface area contributed by atoms with E-state index in [1.54, 1.807) is 6.07 Å². The third kappa shape index (κ3) is 5.28. The first-order valence-electron chi connectivity index (χ1n) is 7.43. The Morgan fingerprint density at radius 2 is 1.86 bits per heavy atom. The molecular weight excluding hydrogens is 334 g/mol. The van der Waals surface area contributed by atoms with Gasteiger partial charge in [-0.1, -0.05) is 13.8 Å². The van der Waals surface area contributed by atoms with E-state index >= 15 is 0 Å². The molecule has 3 heterocycles. The number of methoxy groups -OCH3 is 1. The predicted octanol–water partition coefficient (Wildman–Crippen LogP) is 2.85. The Morgan fingerprint density at radius 1 is 1.29 bits per heavy atom. The van der Waals surface area contributed by atoms with Crippen LogP contribution in [-0.2, 0) is 4.74 Å². The molecule has 1 aromatic rings. The molecule has 0 saturated carbocycles. The quantitative estimate of drug-likeness (QED) is 0.824. The van der Waals surface area contributed by atoms with Gasteiger partial charge in [-0.05, 0) is 54.0 Å². The number of hydrogen-bond acceptors (Lipinski definition) is 5. The summed E-state index contributed by atoms with van der Waals surface area (Å²) in [7, 11) is 1.36. The van der Waals surface area contributed by atoms with Gasteiger partial charge in [0.15, 0.2) is 5.69 Å². The van der Waals surface area contributed by atoms with E-state index in [1.165, 1.54) is 33.0 Å². The highest BCUT2D eigenvalue weighted by Crippen LogP contribution is 2.27. The van der Waals surface area contributed by atoms with Crippen LogP contribution >= 0.6 is 15.9 Å². The summed E-state index contributed by atoms with van der Waals surface area (Å²) < 4.78 is 5.54. The zero-order valence-corrected chi connectivity index (χ0v) is 14.6. The van der Waals surface area contributed by atoms with Gasteiger partial charge in [0.1, 0.15) is 5.82 Å². The highest BCUT2D eigenvalue weighted by atomic mass is 79.9. The molecule has 2 aliphatic heterocycles. The van der Waals surface area contributed by atoms with Crippen molar-refractivity contribution in [2.75, 3.05) is 38.2 Å². The molecule has 0 atom stereocenters. The summed E-state index contributed by atoms with van der Waals surface area (Å²) in [5.74, 6) is 0.424. The summed E-state index contributed by atoms with van der Waals surface area (Å²) in [5, 5.41) is 3.11. The fourth-order valence-electron chi connectivity index (χ4n) is 1.58. The lowest BCUT2D eigenvalue weighted by Crippen LogP contribution is -2.38. The Balaban J connectivity index is 0.000000310. The number of aromatic nitrogens is 1. The third-order valence-electron chi connectivity index (χ3n) is 3.08. The van der Waals surface area contributed by atoms with Gasteiger partial charge in [-0.25, -0.2) is 9.78 Å². The number of hydrogen-bond donors (Lipinski definition) is 1. The molecule has 2 saturated heterocycles. The average molecular weight is 358 g/mol. The van der Waals surface area contributed by atoms with E-state index in [0.717, 1.165) is 23.4 Å². The van der Waals surface area contributed by atoms with Crippen molar-refractivity contribution in [3.8, 4) is 0 Å². The minimum absolute atomic E-state index is 0.350. The van der Waals surface area contributed by atoms with E-state index in [2.05, 4.69) is 35.9 Å². The molecule has 0 radical (unpaired) electrons. The first-order valence-corrected chi connectivity index (χ1v) is 8.22. The first kappa shape index (κ1) is 17.9. The van der Waals surface area contributed by atoms with Crippen LogP contribution in [0.4, 0.5) is 5.82 Å². The Labute approximate surface area is 135 Å². The van der Waals surface area contributed by atoms with E-state index in [1.807, 2.05) is 19.9 Å². The van der Waals surface area contributed by atoms with Gasteiger partial charge in [0.2, 0.25) is 0 Å². The third-order valence-corrected chi connectivity index (χ3v) is 3.70. The average Bonchev–Trinajstić information content (AvgIpc) is 2.39. The van der Waals surface area contributed by atoms with E-state index < -0.39 is 5.97 Å². The lowest BCUT2D eigenvalue weighted by atomic mass is 10.2. The molecule has 0 unspecified atom stereocenters. The molecule has 6 heteroatoms. The van der Waals surface area contributed by atoms with E-state index in [-0.39, 0.29) is 0 Å². The van der Waals surface area contributed by atoms with Crippen molar-refractivity contribution >= 4 is 27.7 Å². The summed E-state index contributed by atoms with van der Waals surface area (Å²) in [4.78, 5) is 17.7. The van der Waals surface area contributed by atoms with Crippen LogP contribution in [0.2, 0.25) is 0 Å². The van der Waals surface area contributed by atoms with Crippen LogP contribution in [0.1, 0.15) is 37.2 Å². The van der Waals surface area contributed by atoms with Crippen molar-refractivity contribution in [1.29, 1.82) is 0 Å². The molecule has 1 N–H and O–H groups in total. The van der Waals surface area contributed by atoms with E-state index in [0.29, 0.717) is 5.69 Å². The van der Waals surface area contributed by atoms with Crippen LogP contribution in [0, 0.1) is 0 Å². The van der Waals surface area contributed by atoms with E-state index in [9.17, 15) is 4.79 Å². The summed E-state index contributed by atoms with van der Waals surface area (Å²) in [5.41, 5.74) is 0.350. The number of halogens is 1. The van der Waals surface area contributed by atoms with Crippen LogP contribution in [0.5, 0.6) is 0 Å². The van der Waals surface area contributed by atoms with Crippen molar-refractivity contribution < 1.29 is 9.53 Å². The first-order chi connectivity index (χ1) is 10.2. The van der Waals surface area contributed by atoms with Gasteiger partial charge in [0.05, 0.1) is 11.6 Å². The fraction of sp³-hybridized carbons (Fsp3) is 0.600. The second-order valence-corrected chi connectivity index (χ2v) is 5.29. The van der Waals surface area contributed by atoms with Gasteiger partial charge in [-0.15, -0.1) is 0 Å². The monoisotopic (exact) mass is 357 g/mol. The molecule has 3 rings (SSSR count). The molecule has 118 valence electrons. The standard InChI is InChI=1S/C10H11BrN2O2.C3H7N.C2H6/c1-15-10(14)8-4-3-7(11)9(12-8)13-5-2-6-13;1-2-4-3-1;1-2/h3-4H,2,5-6H2,1H3;4H,1-3H2;1-2H3. The number of ether oxygens (including phenoxy) is 1. The Kier molecular flexibility index (Phi) is 8.30. The molecule has 2 aliphatic rings. The predicted molar refractivity (Wildman–Crippen MR) is 88.9 cm³/mol. The maximum absolute atomic E-state index is 11.3. The second-order valence-electron chi connectivity index (χ2n) is 4.44. The van der Waals surface area contributed by atoms with Gasteiger partial charge < -0.3 is 15.0 Å². The zero-order chi connectivity index (χ0) is 15.7. The topological polar surface area (TPSA) is 54.5 Å². The van der Waals surface area contributed by atoms with Crippen molar-refractivity contribution in [3.05, 3.63) is 22.3 Å². The summed E-state index contributed by atoms with van der Waals surface area (Å²) in [6.07, 6.45) is 2.57. The number of esters is 1. The summed E-state index contributed by atoms with van der Waals surface area (Å²) >= 11 is 3.42. The van der Waals surface area contributed by atoms with Crippen LogP contribution < -0.4 is 10.2 Å². The van der Waals surface area contributed by atoms with Crippen LogP contribution in [-0.4, -0.2) is 44.2 Å². The number of carbonyl (C=O) groups is 1. The van der Waals surface area contributed by atoms with Crippen LogP contribution in [0.25, 0.3) is 0 Å². The molecule has 5 nitrogen and oxygen atoms in total. The molecule has 0 aliphatic carbocycles. The van der Waals surface area contributed by atoms with Gasteiger partial charge >= 0.3 is 5.97 Å². The smallest absolute Gasteiger partial charge is 0.356 e. The number of carbonyl (C=O) groups excluding carboxylic acids is 1. The maximum Gasteiger partial charge on any atom is 0.356 e. The number of nitrogens with one attached hydrogen (secondary N) is 1. The number of nitrogens with zero attached hydrogens (tertiary/aromatic N) is 2. The normalized spacial score (nSPS) is 15.3. The zero-order valence-electron chi connectivity index (χ0n) is 13.0. The van der Waals surface area contributed by atoms with Crippen LogP contribution in [0.15, 0.2) is 16.6 Å². The molecule has 2 fully saturated rings. The summed E-state index contributed by atoms with van der Waals surface area (Å²) in [6.45, 7) is 8.49. The number of anilines is 1. The van der Waals surface area contributed by atoms with Crippen molar-refractivity contribution in [1.82, 2.24) is 10.3 Å². The lowest BCUT2D eigenvalue weighted by Gasteiger charge is -2.32. The van der Waals surface area contributed by atoms with Crippen molar-refractivity contribution in [2.24, 2.45) is 0 Å². The molecule has 1 aromatic heterocycles. The van der Waals surface area contributed by atoms with Crippen molar-refractivity contribution in [3.63, 3.8) is 0 Å². The number of rotatable bonds is 2. The highest BCUT2D eigenvalue weighted by molar-refractivity contribution is 9.10. The largest absolute Gasteiger partial charge is 0.464 e. The molecule has 0 spiro atoms. The fourth-order valence-corrected chi connectivity index (χ4v) is 2.05.